The van der Waals surface area contributed by atoms with Crippen molar-refractivity contribution in [3.8, 4) is 0 Å². The van der Waals surface area contributed by atoms with Gasteiger partial charge >= 0.3 is 0 Å². The third-order valence-corrected chi connectivity index (χ3v) is 3.60. The van der Waals surface area contributed by atoms with E-state index in [0.717, 1.165) is 13.2 Å². The fourth-order valence-electron chi connectivity index (χ4n) is 2.57. The Morgan fingerprint density at radius 2 is 2.00 bits per heavy atom. The fraction of sp³-hybridized carbons (Fsp3) is 1.00. The lowest BCUT2D eigenvalue weighted by Crippen LogP contribution is -2.42. The molecule has 0 spiro atoms. The highest BCUT2D eigenvalue weighted by atomic mass is 16.5. The van der Waals surface area contributed by atoms with E-state index in [-0.39, 0.29) is 0 Å². The molecule has 0 bridgehead atoms. The maximum Gasteiger partial charge on any atom is 0.0702 e. The van der Waals surface area contributed by atoms with Crippen molar-refractivity contribution in [1.29, 1.82) is 0 Å². The number of piperidine rings is 1. The Morgan fingerprint density at radius 1 is 1.20 bits per heavy atom. The topological polar surface area (TPSA) is 21.7 Å². The van der Waals surface area contributed by atoms with Crippen LogP contribution in [0.2, 0.25) is 0 Å². The number of hydrogen-bond donors (Lipinski definition) is 0. The summed E-state index contributed by atoms with van der Waals surface area (Å²) in [5.41, 5.74) is 0. The van der Waals surface area contributed by atoms with Crippen molar-refractivity contribution in [3.63, 3.8) is 0 Å². The van der Waals surface area contributed by atoms with Crippen molar-refractivity contribution in [1.82, 2.24) is 4.90 Å². The average molecular weight is 213 g/mol. The molecule has 1 unspecified atom stereocenters. The summed E-state index contributed by atoms with van der Waals surface area (Å²) in [6.07, 6.45) is 7.21. The Hall–Kier alpha value is -0.120. The number of hydrogen-bond acceptors (Lipinski definition) is 3. The van der Waals surface area contributed by atoms with Crippen LogP contribution in [0.5, 0.6) is 0 Å². The molecule has 0 aromatic rings. The van der Waals surface area contributed by atoms with Gasteiger partial charge in [0.25, 0.3) is 0 Å². The molecule has 2 aliphatic rings. The van der Waals surface area contributed by atoms with Gasteiger partial charge in [0, 0.05) is 33.4 Å². The maximum atomic E-state index is 5.76. The van der Waals surface area contributed by atoms with E-state index >= 15 is 0 Å². The first-order valence-corrected chi connectivity index (χ1v) is 6.25. The number of rotatable bonds is 3. The predicted octanol–water partition coefficient (Wildman–Crippen LogP) is 1.67. The smallest absolute Gasteiger partial charge is 0.0702 e. The Labute approximate surface area is 92.7 Å². The van der Waals surface area contributed by atoms with Gasteiger partial charge in [-0.3, -0.25) is 0 Å². The lowest BCUT2D eigenvalue weighted by Gasteiger charge is -2.34. The molecule has 3 nitrogen and oxygen atoms in total. The van der Waals surface area contributed by atoms with Crippen LogP contribution in [0.25, 0.3) is 0 Å². The quantitative estimate of drug-likeness (QED) is 0.712. The van der Waals surface area contributed by atoms with Crippen LogP contribution in [-0.2, 0) is 9.47 Å². The monoisotopic (exact) mass is 213 g/mol. The SMILES string of the molecule is COC1CCN(CC2CCCCO2)CC1. The third-order valence-electron chi connectivity index (χ3n) is 3.60. The van der Waals surface area contributed by atoms with Crippen molar-refractivity contribution < 1.29 is 9.47 Å². The summed E-state index contributed by atoms with van der Waals surface area (Å²) < 4.78 is 11.1. The molecule has 0 radical (unpaired) electrons. The molecule has 2 rings (SSSR count). The van der Waals surface area contributed by atoms with E-state index in [1.807, 2.05) is 7.11 Å². The highest BCUT2D eigenvalue weighted by molar-refractivity contribution is 4.76. The summed E-state index contributed by atoms with van der Waals surface area (Å²) in [6, 6.07) is 0. The number of ether oxygens (including phenoxy) is 2. The summed E-state index contributed by atoms with van der Waals surface area (Å²) in [7, 11) is 1.82. The first-order chi connectivity index (χ1) is 7.38. The highest BCUT2D eigenvalue weighted by Crippen LogP contribution is 2.17. The van der Waals surface area contributed by atoms with Crippen molar-refractivity contribution in [3.05, 3.63) is 0 Å². The van der Waals surface area contributed by atoms with E-state index in [2.05, 4.69) is 4.90 Å². The molecule has 2 saturated heterocycles. The molecule has 0 aromatic carbocycles. The number of likely N-dealkylation sites (tertiary alicyclic amines) is 1. The van der Waals surface area contributed by atoms with Crippen LogP contribution in [0.3, 0.4) is 0 Å². The molecule has 2 fully saturated rings. The molecule has 0 N–H and O–H groups in total. The average Bonchev–Trinajstić information content (AvgIpc) is 2.31. The summed E-state index contributed by atoms with van der Waals surface area (Å²) in [5.74, 6) is 0. The molecule has 2 heterocycles. The van der Waals surface area contributed by atoms with Gasteiger partial charge in [-0.25, -0.2) is 0 Å². The lowest BCUT2D eigenvalue weighted by atomic mass is 10.0. The van der Waals surface area contributed by atoms with Gasteiger partial charge in [-0.05, 0) is 32.1 Å². The van der Waals surface area contributed by atoms with E-state index in [1.54, 1.807) is 0 Å². The van der Waals surface area contributed by atoms with Gasteiger partial charge in [-0.2, -0.15) is 0 Å². The minimum absolute atomic E-state index is 0.494. The van der Waals surface area contributed by atoms with Crippen LogP contribution >= 0.6 is 0 Å². The Kier molecular flexibility index (Phi) is 4.42. The van der Waals surface area contributed by atoms with Crippen molar-refractivity contribution in [2.75, 3.05) is 33.4 Å². The zero-order chi connectivity index (χ0) is 10.5. The molecule has 0 aromatic heterocycles. The van der Waals surface area contributed by atoms with Gasteiger partial charge in [0.2, 0.25) is 0 Å². The Balaban J connectivity index is 1.67. The second-order valence-corrected chi connectivity index (χ2v) is 4.72. The summed E-state index contributed by atoms with van der Waals surface area (Å²) >= 11 is 0. The van der Waals surface area contributed by atoms with Gasteiger partial charge < -0.3 is 14.4 Å². The normalized spacial score (nSPS) is 30.6. The van der Waals surface area contributed by atoms with Crippen LogP contribution < -0.4 is 0 Å². The second kappa shape index (κ2) is 5.83. The zero-order valence-corrected chi connectivity index (χ0v) is 9.78. The van der Waals surface area contributed by atoms with E-state index < -0.39 is 0 Å². The molecule has 2 aliphatic heterocycles. The molecular weight excluding hydrogens is 190 g/mol. The highest BCUT2D eigenvalue weighted by Gasteiger charge is 2.22. The van der Waals surface area contributed by atoms with Crippen LogP contribution in [0, 0.1) is 0 Å². The predicted molar refractivity (Wildman–Crippen MR) is 60.1 cm³/mol. The number of nitrogens with zero attached hydrogens (tertiary/aromatic N) is 1. The molecule has 1 atom stereocenters. The van der Waals surface area contributed by atoms with Crippen molar-refractivity contribution in [2.24, 2.45) is 0 Å². The van der Waals surface area contributed by atoms with E-state index in [1.165, 1.54) is 45.2 Å². The molecular formula is C12H23NO2. The van der Waals surface area contributed by atoms with E-state index in [9.17, 15) is 0 Å². The fourth-order valence-corrected chi connectivity index (χ4v) is 2.57. The molecule has 88 valence electrons. The Morgan fingerprint density at radius 3 is 2.60 bits per heavy atom. The van der Waals surface area contributed by atoms with Crippen molar-refractivity contribution >= 4 is 0 Å². The zero-order valence-electron chi connectivity index (χ0n) is 9.78. The first kappa shape index (κ1) is 11.4. The molecule has 15 heavy (non-hydrogen) atoms. The number of methoxy groups -OCH3 is 1. The molecule has 0 aliphatic carbocycles. The largest absolute Gasteiger partial charge is 0.381 e. The first-order valence-electron chi connectivity index (χ1n) is 6.25. The lowest BCUT2D eigenvalue weighted by molar-refractivity contribution is -0.0223. The van der Waals surface area contributed by atoms with Crippen LogP contribution in [-0.4, -0.2) is 50.5 Å². The van der Waals surface area contributed by atoms with Crippen LogP contribution in [0.4, 0.5) is 0 Å². The minimum Gasteiger partial charge on any atom is -0.381 e. The maximum absolute atomic E-state index is 5.76. The van der Waals surface area contributed by atoms with Gasteiger partial charge in [0.1, 0.15) is 0 Å². The summed E-state index contributed by atoms with van der Waals surface area (Å²) in [6.45, 7) is 4.46. The van der Waals surface area contributed by atoms with Gasteiger partial charge in [0.15, 0.2) is 0 Å². The molecule has 0 saturated carbocycles. The van der Waals surface area contributed by atoms with Gasteiger partial charge in [-0.15, -0.1) is 0 Å². The molecule has 0 amide bonds. The molecule has 3 heteroatoms. The third kappa shape index (κ3) is 3.44. The van der Waals surface area contributed by atoms with Gasteiger partial charge in [0.05, 0.1) is 12.2 Å². The van der Waals surface area contributed by atoms with Gasteiger partial charge in [-0.1, -0.05) is 0 Å². The van der Waals surface area contributed by atoms with Crippen LogP contribution in [0.15, 0.2) is 0 Å². The minimum atomic E-state index is 0.494. The van der Waals surface area contributed by atoms with E-state index in [4.69, 9.17) is 9.47 Å². The summed E-state index contributed by atoms with van der Waals surface area (Å²) in [5, 5.41) is 0. The summed E-state index contributed by atoms with van der Waals surface area (Å²) in [4.78, 5) is 2.53. The van der Waals surface area contributed by atoms with Crippen molar-refractivity contribution in [2.45, 2.75) is 44.3 Å². The van der Waals surface area contributed by atoms with E-state index in [0.29, 0.717) is 12.2 Å². The Bertz CT molecular complexity index is 172. The second-order valence-electron chi connectivity index (χ2n) is 4.72. The standard InChI is InChI=1S/C12H23NO2/c1-14-11-5-7-13(8-6-11)10-12-4-2-3-9-15-12/h11-12H,2-10H2,1H3. The van der Waals surface area contributed by atoms with Crippen LogP contribution in [0.1, 0.15) is 32.1 Å².